The molecule has 0 atom stereocenters. The highest BCUT2D eigenvalue weighted by atomic mass is 35.5. The standard InChI is InChI=1S/C19H14ClN5O2S/c1-12-3-5-14(6-4-12)28(26,27)25-17(16-7-8-24(2)23-16)9-15-18(20)13(10-21)11-22-19(15)25/h3-9,11H,1-2H3. The zero-order valence-corrected chi connectivity index (χ0v) is 16.5. The molecule has 0 saturated heterocycles. The van der Waals surface area contributed by atoms with Crippen LogP contribution in [0.4, 0.5) is 0 Å². The molecule has 28 heavy (non-hydrogen) atoms. The normalized spacial score (nSPS) is 11.6. The van der Waals surface area contributed by atoms with Crippen LogP contribution in [-0.2, 0) is 17.1 Å². The number of fused-ring (bicyclic) bond motifs is 1. The van der Waals surface area contributed by atoms with Crippen molar-refractivity contribution in [2.75, 3.05) is 0 Å². The van der Waals surface area contributed by atoms with Crippen molar-refractivity contribution in [3.63, 3.8) is 0 Å². The predicted molar refractivity (Wildman–Crippen MR) is 105 cm³/mol. The van der Waals surface area contributed by atoms with E-state index in [-0.39, 0.29) is 21.1 Å². The molecule has 0 radical (unpaired) electrons. The van der Waals surface area contributed by atoms with Crippen LogP contribution in [0.25, 0.3) is 22.4 Å². The number of pyridine rings is 1. The van der Waals surface area contributed by atoms with Gasteiger partial charge in [0.1, 0.15) is 11.8 Å². The van der Waals surface area contributed by atoms with Crippen LogP contribution in [0.5, 0.6) is 0 Å². The van der Waals surface area contributed by atoms with Crippen molar-refractivity contribution >= 4 is 32.7 Å². The Morgan fingerprint density at radius 1 is 1.18 bits per heavy atom. The molecule has 1 aromatic carbocycles. The zero-order valence-electron chi connectivity index (χ0n) is 15.0. The lowest BCUT2D eigenvalue weighted by Crippen LogP contribution is -2.15. The highest BCUT2D eigenvalue weighted by Gasteiger charge is 2.27. The second kappa shape index (κ2) is 6.48. The Morgan fingerprint density at radius 3 is 2.50 bits per heavy atom. The van der Waals surface area contributed by atoms with E-state index >= 15 is 0 Å². The van der Waals surface area contributed by atoms with E-state index in [1.165, 1.54) is 6.20 Å². The molecular weight excluding hydrogens is 398 g/mol. The summed E-state index contributed by atoms with van der Waals surface area (Å²) in [5.74, 6) is 0. The second-order valence-corrected chi connectivity index (χ2v) is 8.49. The van der Waals surface area contributed by atoms with Crippen LogP contribution in [0.15, 0.2) is 53.7 Å². The van der Waals surface area contributed by atoms with E-state index in [1.807, 2.05) is 13.0 Å². The summed E-state index contributed by atoms with van der Waals surface area (Å²) in [6.45, 7) is 1.88. The van der Waals surface area contributed by atoms with Crippen LogP contribution >= 0.6 is 11.6 Å². The summed E-state index contributed by atoms with van der Waals surface area (Å²) in [6, 6.07) is 11.8. The number of benzene rings is 1. The predicted octanol–water partition coefficient (Wildman–Crippen LogP) is 3.51. The van der Waals surface area contributed by atoms with E-state index in [9.17, 15) is 13.7 Å². The minimum Gasteiger partial charge on any atom is -0.275 e. The number of halogens is 1. The molecule has 0 spiro atoms. The molecule has 3 heterocycles. The molecule has 0 amide bonds. The van der Waals surface area contributed by atoms with E-state index in [2.05, 4.69) is 10.1 Å². The Morgan fingerprint density at radius 2 is 1.89 bits per heavy atom. The third-order valence-electron chi connectivity index (χ3n) is 4.38. The fourth-order valence-electron chi connectivity index (χ4n) is 2.96. The summed E-state index contributed by atoms with van der Waals surface area (Å²) in [6.07, 6.45) is 2.99. The Labute approximate surface area is 166 Å². The van der Waals surface area contributed by atoms with Crippen molar-refractivity contribution in [3.05, 3.63) is 64.9 Å². The second-order valence-electron chi connectivity index (χ2n) is 6.32. The maximum absolute atomic E-state index is 13.5. The number of nitriles is 1. The molecule has 140 valence electrons. The Balaban J connectivity index is 2.10. The Hall–Kier alpha value is -3.15. The Bertz CT molecular complexity index is 1360. The van der Waals surface area contributed by atoms with E-state index in [0.717, 1.165) is 9.54 Å². The minimum absolute atomic E-state index is 0.120. The minimum atomic E-state index is -3.98. The quantitative estimate of drug-likeness (QED) is 0.514. The van der Waals surface area contributed by atoms with Crippen molar-refractivity contribution in [2.24, 2.45) is 7.05 Å². The first-order valence-corrected chi connectivity index (χ1v) is 10.1. The molecule has 0 unspecified atom stereocenters. The molecule has 0 aliphatic rings. The first-order valence-electron chi connectivity index (χ1n) is 8.25. The van der Waals surface area contributed by atoms with Crippen molar-refractivity contribution in [3.8, 4) is 17.5 Å². The summed E-state index contributed by atoms with van der Waals surface area (Å²) in [7, 11) is -2.24. The highest BCUT2D eigenvalue weighted by Crippen LogP contribution is 2.35. The van der Waals surface area contributed by atoms with Gasteiger partial charge in [0.2, 0.25) is 0 Å². The lowest BCUT2D eigenvalue weighted by Gasteiger charge is -2.11. The van der Waals surface area contributed by atoms with Gasteiger partial charge in [-0.2, -0.15) is 10.4 Å². The number of aromatic nitrogens is 4. The molecule has 0 saturated carbocycles. The molecule has 0 aliphatic carbocycles. The molecule has 0 aliphatic heterocycles. The number of aryl methyl sites for hydroxylation is 2. The van der Waals surface area contributed by atoms with Crippen molar-refractivity contribution in [1.29, 1.82) is 5.26 Å². The van der Waals surface area contributed by atoms with Crippen molar-refractivity contribution in [2.45, 2.75) is 11.8 Å². The van der Waals surface area contributed by atoms with Gasteiger partial charge in [0.15, 0.2) is 5.65 Å². The summed E-state index contributed by atoms with van der Waals surface area (Å²) in [5, 5.41) is 14.1. The van der Waals surface area contributed by atoms with Gasteiger partial charge in [-0.1, -0.05) is 29.3 Å². The average Bonchev–Trinajstić information content (AvgIpc) is 3.26. The summed E-state index contributed by atoms with van der Waals surface area (Å²) < 4.78 is 29.6. The number of hydrogen-bond acceptors (Lipinski definition) is 5. The van der Waals surface area contributed by atoms with Gasteiger partial charge in [0.25, 0.3) is 10.0 Å². The molecule has 0 N–H and O–H groups in total. The summed E-state index contributed by atoms with van der Waals surface area (Å²) >= 11 is 6.34. The third kappa shape index (κ3) is 2.76. The van der Waals surface area contributed by atoms with Gasteiger partial charge in [0, 0.05) is 24.8 Å². The van der Waals surface area contributed by atoms with Crippen LogP contribution in [0.3, 0.4) is 0 Å². The number of nitrogens with zero attached hydrogens (tertiary/aromatic N) is 5. The van der Waals surface area contributed by atoms with Gasteiger partial charge in [-0.05, 0) is 31.2 Å². The van der Waals surface area contributed by atoms with Crippen LogP contribution in [0.2, 0.25) is 5.02 Å². The van der Waals surface area contributed by atoms with Gasteiger partial charge in [-0.25, -0.2) is 17.4 Å². The monoisotopic (exact) mass is 411 g/mol. The summed E-state index contributed by atoms with van der Waals surface area (Å²) in [4.78, 5) is 4.34. The van der Waals surface area contributed by atoms with Crippen LogP contribution in [0, 0.1) is 18.3 Å². The molecule has 9 heteroatoms. The fourth-order valence-corrected chi connectivity index (χ4v) is 4.66. The SMILES string of the molecule is Cc1ccc(S(=O)(=O)n2c(-c3ccn(C)n3)cc3c(Cl)c(C#N)cnc32)cc1. The molecule has 3 aromatic heterocycles. The van der Waals surface area contributed by atoms with E-state index < -0.39 is 10.0 Å². The lowest BCUT2D eigenvalue weighted by molar-refractivity contribution is 0.589. The van der Waals surface area contributed by atoms with E-state index in [4.69, 9.17) is 11.6 Å². The van der Waals surface area contributed by atoms with Gasteiger partial charge >= 0.3 is 0 Å². The lowest BCUT2D eigenvalue weighted by atomic mass is 10.2. The maximum atomic E-state index is 13.5. The van der Waals surface area contributed by atoms with Crippen molar-refractivity contribution in [1.82, 2.24) is 18.7 Å². The van der Waals surface area contributed by atoms with Gasteiger partial charge in [-0.15, -0.1) is 0 Å². The largest absolute Gasteiger partial charge is 0.275 e. The molecule has 0 fully saturated rings. The third-order valence-corrected chi connectivity index (χ3v) is 6.50. The molecule has 7 nitrogen and oxygen atoms in total. The van der Waals surface area contributed by atoms with Gasteiger partial charge < -0.3 is 0 Å². The van der Waals surface area contributed by atoms with Crippen LogP contribution in [0.1, 0.15) is 11.1 Å². The van der Waals surface area contributed by atoms with E-state index in [1.54, 1.807) is 54.3 Å². The molecule has 4 aromatic rings. The molecular formula is C19H14ClN5O2S. The highest BCUT2D eigenvalue weighted by molar-refractivity contribution is 7.90. The van der Waals surface area contributed by atoms with E-state index in [0.29, 0.717) is 16.8 Å². The van der Waals surface area contributed by atoms with Crippen molar-refractivity contribution < 1.29 is 8.42 Å². The topological polar surface area (TPSA) is 93.6 Å². The van der Waals surface area contributed by atoms with Crippen LogP contribution in [-0.4, -0.2) is 27.2 Å². The first kappa shape index (κ1) is 18.2. The molecule has 0 bridgehead atoms. The van der Waals surface area contributed by atoms with Crippen LogP contribution < -0.4 is 0 Å². The zero-order chi connectivity index (χ0) is 20.1. The number of hydrogen-bond donors (Lipinski definition) is 0. The summed E-state index contributed by atoms with van der Waals surface area (Å²) in [5.41, 5.74) is 2.03. The smallest absolute Gasteiger partial charge is 0.269 e. The van der Waals surface area contributed by atoms with Gasteiger partial charge in [-0.3, -0.25) is 4.68 Å². The maximum Gasteiger partial charge on any atom is 0.269 e. The first-order chi connectivity index (χ1) is 13.3. The Kier molecular flexibility index (Phi) is 4.22. The fraction of sp³-hybridized carbons (Fsp3) is 0.105. The molecule has 4 rings (SSSR count). The number of rotatable bonds is 3. The van der Waals surface area contributed by atoms with Gasteiger partial charge in [0.05, 0.1) is 21.2 Å². The average molecular weight is 412 g/mol.